The highest BCUT2D eigenvalue weighted by molar-refractivity contribution is 7.29. The maximum absolute atomic E-state index is 2.78. The van der Waals surface area contributed by atoms with Gasteiger partial charge in [0, 0.05) is 0 Å². The molecule has 16 aromatic carbocycles. The first-order valence-corrected chi connectivity index (χ1v) is 48.8. The highest BCUT2D eigenvalue weighted by Gasteiger charge is 2.10. The number of rotatable bonds is 10. The summed E-state index contributed by atoms with van der Waals surface area (Å²) in [6.45, 7) is 36.5. The van der Waals surface area contributed by atoms with E-state index in [9.17, 15) is 0 Å². The van der Waals surface area contributed by atoms with Gasteiger partial charge in [0.15, 0.2) is 0 Å². The molecule has 0 aliphatic heterocycles. The second kappa shape index (κ2) is 49.4. The maximum Gasteiger partial charge on any atom is -0.0126 e. The molecule has 0 amide bonds. The van der Waals surface area contributed by atoms with Gasteiger partial charge in [0.2, 0.25) is 0 Å². The fourth-order valence-corrected chi connectivity index (χ4v) is 16.4. The van der Waals surface area contributed by atoms with Crippen LogP contribution in [0.2, 0.25) is 0 Å². The quantitative estimate of drug-likeness (QED) is 0.120. The highest BCUT2D eigenvalue weighted by atomic mass is 31.0. The van der Waals surface area contributed by atoms with Crippen LogP contribution in [0.3, 0.4) is 0 Å². The van der Waals surface area contributed by atoms with Crippen LogP contribution in [0.5, 0.6) is 0 Å². The third-order valence-electron chi connectivity index (χ3n) is 22.8. The second-order valence-electron chi connectivity index (χ2n) is 32.9. The Kier molecular flexibility index (Phi) is 39.7. The Labute approximate surface area is 775 Å². The van der Waals surface area contributed by atoms with Gasteiger partial charge in [-0.05, 0) is 350 Å². The molecule has 10 heteroatoms. The molecule has 16 rings (SSSR count). The van der Waals surface area contributed by atoms with Crippen molar-refractivity contribution in [2.75, 3.05) is 0 Å². The molecule has 0 heterocycles. The zero-order valence-corrected chi connectivity index (χ0v) is 87.8. The van der Waals surface area contributed by atoms with Crippen LogP contribution in [0.4, 0.5) is 0 Å². The third-order valence-corrected chi connectivity index (χ3v) is 27.8. The summed E-state index contributed by atoms with van der Waals surface area (Å²) in [4.78, 5) is 0. The summed E-state index contributed by atoms with van der Waals surface area (Å²) in [7, 11) is 27.5. The Bertz CT molecular complexity index is 5880. The zero-order chi connectivity index (χ0) is 90.7. The molecule has 0 saturated heterocycles. The molecule has 0 N–H and O–H groups in total. The molecule has 0 bridgehead atoms. The predicted octanol–water partition coefficient (Wildman–Crippen LogP) is 28.8. The lowest BCUT2D eigenvalue weighted by atomic mass is 9.99. The van der Waals surface area contributed by atoms with Gasteiger partial charge in [0.05, 0.1) is 0 Å². The molecule has 0 fully saturated rings. The summed E-state index contributed by atoms with van der Waals surface area (Å²) in [5.74, 6) is 0. The first kappa shape index (κ1) is 101. The van der Waals surface area contributed by atoms with Gasteiger partial charge in [-0.1, -0.05) is 338 Å². The van der Waals surface area contributed by atoms with Crippen LogP contribution in [0.1, 0.15) is 106 Å². The lowest BCUT2D eigenvalue weighted by Crippen LogP contribution is -1.96. The number of aryl methyl sites for hydroxylation is 17. The van der Waals surface area contributed by atoms with Crippen LogP contribution in [-0.4, -0.2) is 0 Å². The Morgan fingerprint density at radius 2 is 0.392 bits per heavy atom. The van der Waals surface area contributed by atoms with Crippen molar-refractivity contribution in [3.8, 4) is 89.0 Å². The Hall–Kier alpha value is -8.18. The van der Waals surface area contributed by atoms with Crippen LogP contribution in [-0.2, 0) is 12.3 Å². The average molecular weight is 1820 g/mol. The zero-order valence-electron chi connectivity index (χ0n) is 76.3. The van der Waals surface area contributed by atoms with E-state index in [0.717, 1.165) is 12.3 Å². The molecular formula is C115H128P10. The van der Waals surface area contributed by atoms with E-state index in [1.165, 1.54) is 237 Å². The van der Waals surface area contributed by atoms with Gasteiger partial charge in [-0.3, -0.25) is 0 Å². The smallest absolute Gasteiger partial charge is 0.0126 e. The molecule has 10 unspecified atom stereocenters. The molecule has 0 nitrogen and oxygen atoms in total. The summed E-state index contributed by atoms with van der Waals surface area (Å²) in [6, 6.07) is 116. The second-order valence-corrected chi connectivity index (χ2v) is 38.8. The minimum atomic E-state index is 1.02. The summed E-state index contributed by atoms with van der Waals surface area (Å²) >= 11 is 0. The Morgan fingerprint density at radius 3 is 0.688 bits per heavy atom. The van der Waals surface area contributed by atoms with Crippen LogP contribution < -0.4 is 42.4 Å². The maximum atomic E-state index is 2.78. The molecule has 0 aliphatic rings. The average Bonchev–Trinajstić information content (AvgIpc) is 0.577. The molecule has 10 atom stereocenters. The van der Waals surface area contributed by atoms with Gasteiger partial charge in [0.25, 0.3) is 0 Å². The van der Waals surface area contributed by atoms with Crippen molar-refractivity contribution < 1.29 is 0 Å². The molecule has 0 radical (unpaired) electrons. The largest absolute Gasteiger partial charge is 0.133 e. The van der Waals surface area contributed by atoms with Gasteiger partial charge in [-0.25, -0.2) is 0 Å². The van der Waals surface area contributed by atoms with E-state index in [-0.39, 0.29) is 0 Å². The van der Waals surface area contributed by atoms with Crippen molar-refractivity contribution in [2.24, 2.45) is 0 Å². The minimum Gasteiger partial charge on any atom is -0.133 e. The first-order chi connectivity index (χ1) is 59.6. The van der Waals surface area contributed by atoms with Crippen LogP contribution in [0.25, 0.3) is 89.0 Å². The molecule has 0 spiro atoms. The summed E-state index contributed by atoms with van der Waals surface area (Å²) in [5.41, 5.74) is 46.3. The number of benzene rings is 16. The fourth-order valence-electron chi connectivity index (χ4n) is 14.1. The highest BCUT2D eigenvalue weighted by Crippen LogP contribution is 2.32. The van der Waals surface area contributed by atoms with E-state index in [1.54, 1.807) is 0 Å². The van der Waals surface area contributed by atoms with Crippen LogP contribution >= 0.6 is 92.4 Å². The van der Waals surface area contributed by atoms with E-state index in [4.69, 9.17) is 0 Å². The number of hydrogen-bond acceptors (Lipinski definition) is 0. The third kappa shape index (κ3) is 30.8. The van der Waals surface area contributed by atoms with E-state index in [0.29, 0.717) is 0 Å². The standard InChI is InChI=1S/C15H18P2.2C15H17P.C14H16P2.4C14H15P/c1-10-7-12(3-4-14(10)9-16)13-5-6-15(17)11(2)8-13;2*1-10-4-5-13(8-11(10)2)14-6-7-15(16)12(3)9-14;1-10-8-11(9-15)2-7-14(10)12-3-5-13(16)6-4-12;1-10-3-8-14(11(2)9-10)12-4-6-13(15)7-5-12;1-10-3-5-12(6-4-10)14-8-7-13(15)9-11(14)2;1-10-3-5-12(6-4-10)13-7-8-14(15)11(2)9-13;1-10-3-4-13(9-11(10)2)12-5-7-14(15)8-6-12/h3-8H,9,16-17H2,1-2H3;2*4-9H,16H2,1-3H3;2-8H,9,15-16H2,1H3;4*3-9H,15H2,1-2H3. The van der Waals surface area contributed by atoms with E-state index in [2.05, 4.69) is 532 Å². The van der Waals surface area contributed by atoms with Gasteiger partial charge in [-0.15, -0.1) is 92.4 Å². The molecule has 125 heavy (non-hydrogen) atoms. The first-order valence-electron chi connectivity index (χ1n) is 42.6. The lowest BCUT2D eigenvalue weighted by molar-refractivity contribution is 1.31. The molecular weight excluding hydrogens is 1690 g/mol. The predicted molar refractivity (Wildman–Crippen MR) is 597 cm³/mol. The van der Waals surface area contributed by atoms with Crippen molar-refractivity contribution in [3.05, 3.63) is 427 Å². The van der Waals surface area contributed by atoms with Gasteiger partial charge in [0.1, 0.15) is 0 Å². The van der Waals surface area contributed by atoms with E-state index >= 15 is 0 Å². The molecule has 16 aromatic rings. The monoisotopic (exact) mass is 1820 g/mol. The van der Waals surface area contributed by atoms with Crippen molar-refractivity contribution in [2.45, 2.75) is 130 Å². The van der Waals surface area contributed by atoms with E-state index < -0.39 is 0 Å². The van der Waals surface area contributed by atoms with Crippen LogP contribution in [0, 0.1) is 118 Å². The molecule has 0 aromatic heterocycles. The van der Waals surface area contributed by atoms with Crippen molar-refractivity contribution in [3.63, 3.8) is 0 Å². The van der Waals surface area contributed by atoms with Crippen LogP contribution in [0.15, 0.2) is 322 Å². The van der Waals surface area contributed by atoms with E-state index in [1.807, 2.05) is 0 Å². The molecule has 638 valence electrons. The number of hydrogen-bond donors (Lipinski definition) is 0. The lowest BCUT2D eigenvalue weighted by Gasteiger charge is -2.09. The topological polar surface area (TPSA) is 0 Å². The summed E-state index contributed by atoms with van der Waals surface area (Å²) in [6.07, 6.45) is 2.04. The minimum absolute atomic E-state index is 1.02. The SMILES string of the molecule is Cc1cc(-c2ccc(CP)c(C)c2)ccc1P.Cc1cc(CP)ccc1-c1ccc(P)cc1.Cc1ccc(-c2ccc(P)c(C)c2)cc1.Cc1ccc(-c2ccc(P)c(C)c2)cc1C.Cc1ccc(-c2ccc(P)c(C)c2)cc1C.Cc1ccc(-c2ccc(P)cc2)c(C)c1.Cc1ccc(-c2ccc(P)cc2)cc1C.Cc1ccc(-c2ccc(P)cc2C)cc1. The fraction of sp³-hybridized carbons (Fsp3) is 0.165. The molecule has 0 saturated carbocycles. The normalized spacial score (nSPS) is 10.4. The summed E-state index contributed by atoms with van der Waals surface area (Å²) in [5, 5.41) is 10.00. The van der Waals surface area contributed by atoms with Crippen molar-refractivity contribution in [1.82, 2.24) is 0 Å². The van der Waals surface area contributed by atoms with Crippen molar-refractivity contribution >= 4 is 135 Å². The van der Waals surface area contributed by atoms with Crippen molar-refractivity contribution in [1.29, 1.82) is 0 Å². The van der Waals surface area contributed by atoms with Gasteiger partial charge >= 0.3 is 0 Å². The molecule has 0 aliphatic carbocycles. The van der Waals surface area contributed by atoms with Gasteiger partial charge < -0.3 is 0 Å². The van der Waals surface area contributed by atoms with Gasteiger partial charge in [-0.2, -0.15) is 0 Å². The summed E-state index contributed by atoms with van der Waals surface area (Å²) < 4.78 is 0. The Morgan fingerprint density at radius 1 is 0.152 bits per heavy atom. The Balaban J connectivity index is 0.000000162.